The van der Waals surface area contributed by atoms with Crippen molar-refractivity contribution in [2.75, 3.05) is 10.6 Å². The number of halogens is 3. The number of benzene rings is 1. The van der Waals surface area contributed by atoms with E-state index < -0.39 is 17.6 Å². The SMILES string of the molecule is CC(N)(C(=O)Nc1ccc2c(c1)CCC(=O)N2)C(F)(F)F. The number of aryl methyl sites for hydroxylation is 1. The molecule has 0 aliphatic carbocycles. The Morgan fingerprint density at radius 3 is 2.62 bits per heavy atom. The summed E-state index contributed by atoms with van der Waals surface area (Å²) in [6, 6.07) is 4.47. The number of carbonyl (C=O) groups is 2. The molecule has 4 N–H and O–H groups in total. The highest BCUT2D eigenvalue weighted by Gasteiger charge is 2.53. The number of nitrogens with one attached hydrogen (secondary N) is 2. The van der Waals surface area contributed by atoms with Gasteiger partial charge in [0.25, 0.3) is 5.91 Å². The first-order chi connectivity index (χ1) is 9.61. The lowest BCUT2D eigenvalue weighted by Gasteiger charge is -2.26. The number of carbonyl (C=O) groups excluding carboxylic acids is 2. The van der Waals surface area contributed by atoms with Crippen LogP contribution < -0.4 is 16.4 Å². The van der Waals surface area contributed by atoms with Crippen LogP contribution >= 0.6 is 0 Å². The van der Waals surface area contributed by atoms with Crippen molar-refractivity contribution in [2.45, 2.75) is 31.5 Å². The molecular formula is C13H14F3N3O2. The van der Waals surface area contributed by atoms with E-state index in [-0.39, 0.29) is 11.6 Å². The van der Waals surface area contributed by atoms with Crippen LogP contribution in [0.4, 0.5) is 24.5 Å². The summed E-state index contributed by atoms with van der Waals surface area (Å²) in [6.45, 7) is 0.612. The molecule has 1 aliphatic rings. The van der Waals surface area contributed by atoms with Crippen LogP contribution in [0.2, 0.25) is 0 Å². The van der Waals surface area contributed by atoms with Gasteiger partial charge in [0, 0.05) is 17.8 Å². The Bertz CT molecular complexity index is 597. The highest BCUT2D eigenvalue weighted by atomic mass is 19.4. The smallest absolute Gasteiger partial charge is 0.326 e. The van der Waals surface area contributed by atoms with E-state index in [0.29, 0.717) is 25.5 Å². The third-order valence-electron chi connectivity index (χ3n) is 3.32. The van der Waals surface area contributed by atoms with Crippen molar-refractivity contribution in [2.24, 2.45) is 5.73 Å². The van der Waals surface area contributed by atoms with Crippen molar-refractivity contribution in [1.29, 1.82) is 0 Å². The van der Waals surface area contributed by atoms with Gasteiger partial charge in [-0.2, -0.15) is 13.2 Å². The van der Waals surface area contributed by atoms with E-state index >= 15 is 0 Å². The quantitative estimate of drug-likeness (QED) is 0.778. The maximum absolute atomic E-state index is 12.7. The Morgan fingerprint density at radius 1 is 1.33 bits per heavy atom. The standard InChI is InChI=1S/C13H14F3N3O2/c1-12(17,13(14,15)16)11(21)18-8-3-4-9-7(6-8)2-5-10(20)19-9/h3-4,6H,2,5,17H2,1H3,(H,18,21)(H,19,20). The van der Waals surface area contributed by atoms with Crippen LogP contribution in [0.15, 0.2) is 18.2 Å². The van der Waals surface area contributed by atoms with Crippen molar-refractivity contribution in [3.8, 4) is 0 Å². The molecule has 1 aliphatic heterocycles. The van der Waals surface area contributed by atoms with Gasteiger partial charge < -0.3 is 16.4 Å². The Hall–Kier alpha value is -2.09. The van der Waals surface area contributed by atoms with Crippen LogP contribution in [0.3, 0.4) is 0 Å². The summed E-state index contributed by atoms with van der Waals surface area (Å²) >= 11 is 0. The van der Waals surface area contributed by atoms with E-state index in [1.807, 2.05) is 0 Å². The number of amides is 2. The maximum Gasteiger partial charge on any atom is 0.415 e. The van der Waals surface area contributed by atoms with Crippen molar-refractivity contribution in [3.05, 3.63) is 23.8 Å². The number of hydrogen-bond acceptors (Lipinski definition) is 3. The Balaban J connectivity index is 2.18. The predicted octanol–water partition coefficient (Wildman–Crippen LogP) is 1.79. The molecule has 0 saturated heterocycles. The highest BCUT2D eigenvalue weighted by Crippen LogP contribution is 2.30. The molecule has 0 radical (unpaired) electrons. The van der Waals surface area contributed by atoms with Gasteiger partial charge in [-0.1, -0.05) is 0 Å². The monoisotopic (exact) mass is 301 g/mol. The third kappa shape index (κ3) is 2.99. The lowest BCUT2D eigenvalue weighted by molar-refractivity contribution is -0.184. The van der Waals surface area contributed by atoms with Gasteiger partial charge in [0.2, 0.25) is 5.91 Å². The largest absolute Gasteiger partial charge is 0.415 e. The van der Waals surface area contributed by atoms with Crippen LogP contribution in [0.25, 0.3) is 0 Å². The van der Waals surface area contributed by atoms with Crippen molar-refractivity contribution >= 4 is 23.2 Å². The average Bonchev–Trinajstić information content (AvgIpc) is 2.37. The second-order valence-corrected chi connectivity index (χ2v) is 5.07. The van der Waals surface area contributed by atoms with Crippen LogP contribution in [-0.4, -0.2) is 23.5 Å². The fourth-order valence-corrected chi connectivity index (χ4v) is 1.85. The van der Waals surface area contributed by atoms with E-state index in [1.54, 1.807) is 0 Å². The number of rotatable bonds is 2. The summed E-state index contributed by atoms with van der Waals surface area (Å²) in [5.74, 6) is -1.46. The van der Waals surface area contributed by atoms with Gasteiger partial charge in [-0.25, -0.2) is 0 Å². The summed E-state index contributed by atoms with van der Waals surface area (Å²) in [7, 11) is 0. The molecule has 0 saturated carbocycles. The lowest BCUT2D eigenvalue weighted by atomic mass is 10.0. The van der Waals surface area contributed by atoms with Crippen LogP contribution in [0.5, 0.6) is 0 Å². The zero-order valence-electron chi connectivity index (χ0n) is 11.2. The van der Waals surface area contributed by atoms with Gasteiger partial charge in [0.05, 0.1) is 0 Å². The Kier molecular flexibility index (Phi) is 3.66. The van der Waals surface area contributed by atoms with E-state index in [2.05, 4.69) is 10.6 Å². The molecule has 2 amide bonds. The molecule has 0 spiro atoms. The molecule has 1 unspecified atom stereocenters. The molecule has 114 valence electrons. The highest BCUT2D eigenvalue weighted by molar-refractivity contribution is 5.99. The fourth-order valence-electron chi connectivity index (χ4n) is 1.85. The molecule has 1 heterocycles. The third-order valence-corrected chi connectivity index (χ3v) is 3.32. The number of nitrogens with two attached hydrogens (primary N) is 1. The average molecular weight is 301 g/mol. The van der Waals surface area contributed by atoms with Crippen molar-refractivity contribution in [1.82, 2.24) is 0 Å². The first kappa shape index (κ1) is 15.3. The van der Waals surface area contributed by atoms with Crippen LogP contribution in [-0.2, 0) is 16.0 Å². The second-order valence-electron chi connectivity index (χ2n) is 5.07. The number of anilines is 2. The molecule has 21 heavy (non-hydrogen) atoms. The van der Waals surface area contributed by atoms with Gasteiger partial charge in [0.1, 0.15) is 0 Å². The zero-order chi connectivity index (χ0) is 15.8. The summed E-state index contributed by atoms with van der Waals surface area (Å²) < 4.78 is 38.0. The van der Waals surface area contributed by atoms with E-state index in [4.69, 9.17) is 5.73 Å². The van der Waals surface area contributed by atoms with E-state index in [9.17, 15) is 22.8 Å². The summed E-state index contributed by atoms with van der Waals surface area (Å²) in [6.07, 6.45) is -4.09. The summed E-state index contributed by atoms with van der Waals surface area (Å²) in [5, 5.41) is 4.79. The van der Waals surface area contributed by atoms with Gasteiger partial charge in [-0.05, 0) is 37.1 Å². The van der Waals surface area contributed by atoms with Gasteiger partial charge in [0.15, 0.2) is 5.54 Å². The zero-order valence-corrected chi connectivity index (χ0v) is 11.2. The van der Waals surface area contributed by atoms with Gasteiger partial charge in [-0.15, -0.1) is 0 Å². The molecule has 1 atom stereocenters. The van der Waals surface area contributed by atoms with Crippen molar-refractivity contribution < 1.29 is 22.8 Å². The minimum atomic E-state index is -4.85. The van der Waals surface area contributed by atoms with E-state index in [1.165, 1.54) is 18.2 Å². The minimum Gasteiger partial charge on any atom is -0.326 e. The Labute approximate surface area is 118 Å². The fraction of sp³-hybridized carbons (Fsp3) is 0.385. The molecular weight excluding hydrogens is 287 g/mol. The lowest BCUT2D eigenvalue weighted by Crippen LogP contribution is -2.59. The van der Waals surface area contributed by atoms with E-state index in [0.717, 1.165) is 5.56 Å². The molecule has 1 aromatic rings. The molecule has 1 aromatic carbocycles. The number of hydrogen-bond donors (Lipinski definition) is 3. The number of fused-ring (bicyclic) bond motifs is 1. The summed E-state index contributed by atoms with van der Waals surface area (Å²) in [5.41, 5.74) is 3.62. The minimum absolute atomic E-state index is 0.120. The number of alkyl halides is 3. The molecule has 0 bridgehead atoms. The maximum atomic E-state index is 12.7. The normalized spacial score (nSPS) is 17.5. The van der Waals surface area contributed by atoms with Crippen LogP contribution in [0.1, 0.15) is 18.9 Å². The van der Waals surface area contributed by atoms with Gasteiger partial charge in [-0.3, -0.25) is 9.59 Å². The molecule has 0 aromatic heterocycles. The van der Waals surface area contributed by atoms with Gasteiger partial charge >= 0.3 is 6.18 Å². The molecule has 8 heteroatoms. The summed E-state index contributed by atoms with van der Waals surface area (Å²) in [4.78, 5) is 22.9. The predicted molar refractivity (Wildman–Crippen MR) is 70.7 cm³/mol. The molecule has 2 rings (SSSR count). The second kappa shape index (κ2) is 5.03. The molecule has 0 fully saturated rings. The molecule has 5 nitrogen and oxygen atoms in total. The topological polar surface area (TPSA) is 84.2 Å². The van der Waals surface area contributed by atoms with Crippen molar-refractivity contribution in [3.63, 3.8) is 0 Å². The first-order valence-electron chi connectivity index (χ1n) is 6.21. The van der Waals surface area contributed by atoms with Crippen LogP contribution in [0, 0.1) is 0 Å². The first-order valence-corrected chi connectivity index (χ1v) is 6.21. The Morgan fingerprint density at radius 2 is 2.00 bits per heavy atom.